The van der Waals surface area contributed by atoms with E-state index in [1.165, 1.54) is 25.3 Å². The summed E-state index contributed by atoms with van der Waals surface area (Å²) in [5.74, 6) is -0.520. The van der Waals surface area contributed by atoms with Crippen LogP contribution in [-0.2, 0) is 19.6 Å². The van der Waals surface area contributed by atoms with Gasteiger partial charge in [0.05, 0.1) is 30.2 Å². The number of methoxy groups -OCH3 is 1. The fourth-order valence-corrected chi connectivity index (χ4v) is 2.83. The number of nitrogens with one attached hydrogen (secondary N) is 1. The molecule has 0 saturated carbocycles. The lowest BCUT2D eigenvalue weighted by Crippen LogP contribution is -2.26. The Bertz CT molecular complexity index is 622. The van der Waals surface area contributed by atoms with Crippen molar-refractivity contribution in [1.29, 1.82) is 5.26 Å². The average molecular weight is 303 g/mol. The first kappa shape index (κ1) is 15.4. The highest BCUT2D eigenvalue weighted by atomic mass is 35.5. The lowest BCUT2D eigenvalue weighted by Gasteiger charge is -2.07. The second kappa shape index (κ2) is 6.52. The van der Waals surface area contributed by atoms with Crippen molar-refractivity contribution < 1.29 is 17.9 Å². The van der Waals surface area contributed by atoms with Crippen molar-refractivity contribution in [3.63, 3.8) is 0 Å². The maximum absolute atomic E-state index is 11.9. The maximum atomic E-state index is 11.9. The molecule has 6 nitrogen and oxygen atoms in total. The molecule has 102 valence electrons. The van der Waals surface area contributed by atoms with E-state index in [9.17, 15) is 13.2 Å². The minimum atomic E-state index is -3.82. The summed E-state index contributed by atoms with van der Waals surface area (Å²) in [6.07, 6.45) is -0.0797. The van der Waals surface area contributed by atoms with Crippen molar-refractivity contribution in [2.75, 3.05) is 13.7 Å². The molecule has 0 saturated heterocycles. The summed E-state index contributed by atoms with van der Waals surface area (Å²) in [6, 6.07) is 5.70. The number of carbonyl (C=O) groups is 1. The van der Waals surface area contributed by atoms with Gasteiger partial charge in [-0.25, -0.2) is 13.1 Å². The van der Waals surface area contributed by atoms with E-state index < -0.39 is 16.0 Å². The number of benzene rings is 1. The summed E-state index contributed by atoms with van der Waals surface area (Å²) in [7, 11) is -2.60. The summed E-state index contributed by atoms with van der Waals surface area (Å²) in [5, 5.41) is 8.61. The van der Waals surface area contributed by atoms with Crippen molar-refractivity contribution in [1.82, 2.24) is 4.72 Å². The molecule has 0 aliphatic heterocycles. The largest absolute Gasteiger partial charge is 0.469 e. The predicted molar refractivity (Wildman–Crippen MR) is 68.0 cm³/mol. The van der Waals surface area contributed by atoms with E-state index in [4.69, 9.17) is 16.9 Å². The molecule has 0 fully saturated rings. The van der Waals surface area contributed by atoms with Gasteiger partial charge in [0, 0.05) is 6.54 Å². The minimum Gasteiger partial charge on any atom is -0.469 e. The van der Waals surface area contributed by atoms with Gasteiger partial charge in [0.15, 0.2) is 0 Å². The van der Waals surface area contributed by atoms with Gasteiger partial charge < -0.3 is 4.74 Å². The molecule has 0 radical (unpaired) electrons. The molecular weight excluding hydrogens is 292 g/mol. The highest BCUT2D eigenvalue weighted by Crippen LogP contribution is 2.22. The molecule has 1 N–H and O–H groups in total. The average Bonchev–Trinajstić information content (AvgIpc) is 2.37. The fraction of sp³-hybridized carbons (Fsp3) is 0.273. The molecule has 8 heteroatoms. The zero-order valence-corrected chi connectivity index (χ0v) is 11.6. The number of sulfonamides is 1. The number of rotatable bonds is 5. The molecule has 0 aromatic heterocycles. The monoisotopic (exact) mass is 302 g/mol. The van der Waals surface area contributed by atoms with Crippen molar-refractivity contribution in [2.45, 2.75) is 11.3 Å². The van der Waals surface area contributed by atoms with E-state index in [1.807, 2.05) is 6.07 Å². The van der Waals surface area contributed by atoms with Crippen molar-refractivity contribution in [3.05, 3.63) is 28.8 Å². The molecule has 0 amide bonds. The third-order valence-corrected chi connectivity index (χ3v) is 4.14. The Kier molecular flexibility index (Phi) is 5.30. The normalized spacial score (nSPS) is 10.8. The van der Waals surface area contributed by atoms with Gasteiger partial charge in [-0.3, -0.25) is 4.79 Å². The number of nitrogens with zero attached hydrogens (tertiary/aromatic N) is 1. The molecule has 1 aromatic carbocycles. The number of nitriles is 1. The number of esters is 1. The van der Waals surface area contributed by atoms with Crippen molar-refractivity contribution >= 4 is 27.6 Å². The van der Waals surface area contributed by atoms with Crippen LogP contribution in [0.3, 0.4) is 0 Å². The molecule has 0 aliphatic rings. The Morgan fingerprint density at radius 3 is 2.74 bits per heavy atom. The zero-order chi connectivity index (χ0) is 14.5. The van der Waals surface area contributed by atoms with Gasteiger partial charge in [-0.05, 0) is 18.2 Å². The molecule has 0 bridgehead atoms. The van der Waals surface area contributed by atoms with Crippen LogP contribution in [0.25, 0.3) is 0 Å². The zero-order valence-electron chi connectivity index (χ0n) is 10.0. The van der Waals surface area contributed by atoms with Gasteiger partial charge in [-0.15, -0.1) is 0 Å². The van der Waals surface area contributed by atoms with Crippen LogP contribution in [0.2, 0.25) is 5.02 Å². The summed E-state index contributed by atoms with van der Waals surface area (Å²) in [6.45, 7) is -0.0919. The van der Waals surface area contributed by atoms with E-state index in [-0.39, 0.29) is 28.4 Å². The maximum Gasteiger partial charge on any atom is 0.306 e. The van der Waals surface area contributed by atoms with Crippen LogP contribution >= 0.6 is 11.6 Å². The van der Waals surface area contributed by atoms with E-state index >= 15 is 0 Å². The van der Waals surface area contributed by atoms with E-state index in [2.05, 4.69) is 9.46 Å². The lowest BCUT2D eigenvalue weighted by molar-refractivity contribution is -0.140. The highest BCUT2D eigenvalue weighted by molar-refractivity contribution is 7.89. The van der Waals surface area contributed by atoms with Crippen LogP contribution in [0.15, 0.2) is 23.1 Å². The lowest BCUT2D eigenvalue weighted by atomic mass is 10.2. The van der Waals surface area contributed by atoms with Gasteiger partial charge in [-0.2, -0.15) is 5.26 Å². The van der Waals surface area contributed by atoms with Gasteiger partial charge in [0.2, 0.25) is 10.0 Å². The third kappa shape index (κ3) is 4.21. The van der Waals surface area contributed by atoms with Crippen LogP contribution in [0, 0.1) is 11.3 Å². The Hall–Kier alpha value is -1.62. The molecule has 0 heterocycles. The first-order valence-electron chi connectivity index (χ1n) is 5.17. The Balaban J connectivity index is 2.84. The summed E-state index contributed by atoms with van der Waals surface area (Å²) in [5.41, 5.74) is 0.263. The van der Waals surface area contributed by atoms with E-state index in [1.54, 1.807) is 0 Å². The first-order valence-corrected chi connectivity index (χ1v) is 7.03. The molecular formula is C11H11ClN2O4S. The SMILES string of the molecule is COC(=O)CCNS(=O)(=O)c1ccc(C#N)cc1Cl. The van der Waals surface area contributed by atoms with Crippen molar-refractivity contribution in [3.8, 4) is 6.07 Å². The minimum absolute atomic E-state index is 0.0513. The van der Waals surface area contributed by atoms with Crippen LogP contribution < -0.4 is 4.72 Å². The van der Waals surface area contributed by atoms with Gasteiger partial charge in [0.1, 0.15) is 4.90 Å². The number of ether oxygens (including phenoxy) is 1. The number of hydrogen-bond donors (Lipinski definition) is 1. The highest BCUT2D eigenvalue weighted by Gasteiger charge is 2.18. The summed E-state index contributed by atoms with van der Waals surface area (Å²) < 4.78 is 30.4. The molecule has 1 rings (SSSR count). The molecule has 0 aliphatic carbocycles. The van der Waals surface area contributed by atoms with Crippen LogP contribution in [0.1, 0.15) is 12.0 Å². The standard InChI is InChI=1S/C11H11ClN2O4S/c1-18-11(15)4-5-14-19(16,17)10-3-2-8(7-13)6-9(10)12/h2-3,6,14H,4-5H2,1H3. The number of carbonyl (C=O) groups excluding carboxylic acids is 1. The van der Waals surface area contributed by atoms with Crippen LogP contribution in [0.5, 0.6) is 0 Å². The number of halogens is 1. The van der Waals surface area contributed by atoms with Crippen LogP contribution in [-0.4, -0.2) is 28.0 Å². The Morgan fingerprint density at radius 1 is 1.53 bits per heavy atom. The fourth-order valence-electron chi connectivity index (χ4n) is 1.26. The van der Waals surface area contributed by atoms with E-state index in [0.29, 0.717) is 0 Å². The van der Waals surface area contributed by atoms with Gasteiger partial charge in [0.25, 0.3) is 0 Å². The first-order chi connectivity index (χ1) is 8.90. The topological polar surface area (TPSA) is 96.3 Å². The molecule has 1 aromatic rings. The number of hydrogen-bond acceptors (Lipinski definition) is 5. The molecule has 0 spiro atoms. The second-order valence-electron chi connectivity index (χ2n) is 3.48. The molecule has 19 heavy (non-hydrogen) atoms. The molecule has 0 unspecified atom stereocenters. The third-order valence-electron chi connectivity index (χ3n) is 2.20. The summed E-state index contributed by atoms with van der Waals surface area (Å²) >= 11 is 5.80. The molecule has 0 atom stereocenters. The predicted octanol–water partition coefficient (Wildman–Crippen LogP) is 1.05. The van der Waals surface area contributed by atoms with Gasteiger partial charge >= 0.3 is 5.97 Å². The Morgan fingerprint density at radius 2 is 2.21 bits per heavy atom. The Labute approximate surface area is 116 Å². The smallest absolute Gasteiger partial charge is 0.306 e. The summed E-state index contributed by atoms with van der Waals surface area (Å²) in [4.78, 5) is 10.7. The van der Waals surface area contributed by atoms with Crippen molar-refractivity contribution in [2.24, 2.45) is 0 Å². The second-order valence-corrected chi connectivity index (χ2v) is 5.62. The van der Waals surface area contributed by atoms with E-state index in [0.717, 1.165) is 0 Å². The van der Waals surface area contributed by atoms with Crippen LogP contribution in [0.4, 0.5) is 0 Å². The quantitative estimate of drug-likeness (QED) is 0.820. The van der Waals surface area contributed by atoms with Gasteiger partial charge in [-0.1, -0.05) is 11.6 Å².